The molecule has 1 aliphatic rings. The first kappa shape index (κ1) is 14.9. The average Bonchev–Trinajstić information content (AvgIpc) is 3.29. The quantitative estimate of drug-likeness (QED) is 0.811. The molecule has 4 nitrogen and oxygen atoms in total. The van der Waals surface area contributed by atoms with Gasteiger partial charge in [-0.1, -0.05) is 26.0 Å². The van der Waals surface area contributed by atoms with E-state index in [-0.39, 0.29) is 18.5 Å². The highest BCUT2D eigenvalue weighted by Crippen LogP contribution is 2.39. The molecule has 0 saturated heterocycles. The molecular formula is C16H23NO3. The molecule has 2 rings (SSSR count). The average molecular weight is 277 g/mol. The molecule has 4 heteroatoms. The second-order valence-corrected chi connectivity index (χ2v) is 5.82. The number of ether oxygens (including phenoxy) is 2. The Morgan fingerprint density at radius 2 is 2.15 bits per heavy atom. The van der Waals surface area contributed by atoms with E-state index < -0.39 is 5.54 Å². The van der Waals surface area contributed by atoms with Gasteiger partial charge in [-0.05, 0) is 42.4 Å². The number of esters is 1. The maximum atomic E-state index is 11.9. The van der Waals surface area contributed by atoms with Crippen LogP contribution in [-0.4, -0.2) is 25.2 Å². The molecule has 20 heavy (non-hydrogen) atoms. The fourth-order valence-corrected chi connectivity index (χ4v) is 2.30. The lowest BCUT2D eigenvalue weighted by atomic mass is 9.96. The minimum Gasteiger partial charge on any atom is -0.491 e. The van der Waals surface area contributed by atoms with Gasteiger partial charge < -0.3 is 15.2 Å². The molecular weight excluding hydrogens is 254 g/mol. The molecule has 0 aromatic heterocycles. The summed E-state index contributed by atoms with van der Waals surface area (Å²) in [6, 6.07) is 7.90. The summed E-state index contributed by atoms with van der Waals surface area (Å²) in [5.41, 5.74) is 6.38. The topological polar surface area (TPSA) is 61.5 Å². The van der Waals surface area contributed by atoms with Crippen LogP contribution in [0.15, 0.2) is 24.3 Å². The monoisotopic (exact) mass is 277 g/mol. The van der Waals surface area contributed by atoms with Crippen LogP contribution in [0, 0.1) is 5.92 Å². The third-order valence-electron chi connectivity index (χ3n) is 3.87. The molecule has 1 saturated carbocycles. The van der Waals surface area contributed by atoms with E-state index >= 15 is 0 Å². The summed E-state index contributed by atoms with van der Waals surface area (Å²) in [6.07, 6.45) is 1.92. The van der Waals surface area contributed by atoms with Crippen LogP contribution >= 0.6 is 0 Å². The van der Waals surface area contributed by atoms with E-state index in [1.807, 2.05) is 18.2 Å². The highest BCUT2D eigenvalue weighted by atomic mass is 16.5. The summed E-state index contributed by atoms with van der Waals surface area (Å²) in [6.45, 7) is 4.42. The number of nitrogens with two attached hydrogens (primary N) is 1. The first-order chi connectivity index (χ1) is 9.47. The SMILES string of the molecule is COC(=O)C(N)(COc1cccc(C(C)C)c1)C1CC1. The van der Waals surface area contributed by atoms with Crippen molar-refractivity contribution in [2.45, 2.75) is 38.1 Å². The van der Waals surface area contributed by atoms with Crippen molar-refractivity contribution < 1.29 is 14.3 Å². The van der Waals surface area contributed by atoms with Crippen LogP contribution in [0.2, 0.25) is 0 Å². The van der Waals surface area contributed by atoms with Gasteiger partial charge in [0.2, 0.25) is 0 Å². The van der Waals surface area contributed by atoms with Gasteiger partial charge in [0.25, 0.3) is 0 Å². The fourth-order valence-electron chi connectivity index (χ4n) is 2.30. The van der Waals surface area contributed by atoms with Gasteiger partial charge in [0.1, 0.15) is 12.4 Å². The highest BCUT2D eigenvalue weighted by molar-refractivity contribution is 5.81. The lowest BCUT2D eigenvalue weighted by molar-refractivity contribution is -0.149. The van der Waals surface area contributed by atoms with Crippen LogP contribution in [0.4, 0.5) is 0 Å². The fraction of sp³-hybridized carbons (Fsp3) is 0.562. The zero-order valence-electron chi connectivity index (χ0n) is 12.4. The molecule has 0 heterocycles. The van der Waals surface area contributed by atoms with Gasteiger partial charge in [0, 0.05) is 0 Å². The second-order valence-electron chi connectivity index (χ2n) is 5.82. The van der Waals surface area contributed by atoms with Gasteiger partial charge in [-0.15, -0.1) is 0 Å². The van der Waals surface area contributed by atoms with Crippen LogP contribution in [0.25, 0.3) is 0 Å². The summed E-state index contributed by atoms with van der Waals surface area (Å²) in [5.74, 6) is 0.962. The Kier molecular flexibility index (Phi) is 4.33. The summed E-state index contributed by atoms with van der Waals surface area (Å²) in [5, 5.41) is 0. The Labute approximate surface area is 120 Å². The first-order valence-corrected chi connectivity index (χ1v) is 7.07. The molecule has 0 aliphatic heterocycles. The number of benzene rings is 1. The predicted octanol–water partition coefficient (Wildman–Crippen LogP) is 2.47. The van der Waals surface area contributed by atoms with E-state index in [2.05, 4.69) is 19.9 Å². The van der Waals surface area contributed by atoms with Gasteiger partial charge in [-0.25, -0.2) is 4.79 Å². The number of hydrogen-bond acceptors (Lipinski definition) is 4. The smallest absolute Gasteiger partial charge is 0.329 e. The Morgan fingerprint density at radius 3 is 2.70 bits per heavy atom. The molecule has 0 radical (unpaired) electrons. The molecule has 110 valence electrons. The zero-order chi connectivity index (χ0) is 14.8. The van der Waals surface area contributed by atoms with Crippen molar-refractivity contribution in [3.05, 3.63) is 29.8 Å². The number of rotatable bonds is 6. The number of methoxy groups -OCH3 is 1. The van der Waals surface area contributed by atoms with Crippen molar-refractivity contribution in [3.8, 4) is 5.75 Å². The third-order valence-corrected chi connectivity index (χ3v) is 3.87. The third kappa shape index (κ3) is 3.12. The summed E-state index contributed by atoms with van der Waals surface area (Å²) < 4.78 is 10.6. The first-order valence-electron chi connectivity index (χ1n) is 7.07. The molecule has 2 N–H and O–H groups in total. The van der Waals surface area contributed by atoms with Crippen molar-refractivity contribution in [3.63, 3.8) is 0 Å². The van der Waals surface area contributed by atoms with E-state index in [0.717, 1.165) is 18.6 Å². The lowest BCUT2D eigenvalue weighted by Crippen LogP contribution is -2.55. The van der Waals surface area contributed by atoms with Crippen molar-refractivity contribution in [1.29, 1.82) is 0 Å². The Morgan fingerprint density at radius 1 is 1.45 bits per heavy atom. The second kappa shape index (κ2) is 5.83. The highest BCUT2D eigenvalue weighted by Gasteiger charge is 2.49. The van der Waals surface area contributed by atoms with E-state index in [0.29, 0.717) is 5.92 Å². The molecule has 0 bridgehead atoms. The summed E-state index contributed by atoms with van der Waals surface area (Å²) in [4.78, 5) is 11.9. The largest absolute Gasteiger partial charge is 0.491 e. The molecule has 0 amide bonds. The maximum Gasteiger partial charge on any atom is 0.329 e. The minimum atomic E-state index is -1.03. The van der Waals surface area contributed by atoms with Crippen molar-refractivity contribution >= 4 is 5.97 Å². The van der Waals surface area contributed by atoms with Crippen LogP contribution in [0.1, 0.15) is 38.2 Å². The molecule has 1 unspecified atom stereocenters. The standard InChI is InChI=1S/C16H23NO3/c1-11(2)12-5-4-6-14(9-12)20-10-16(17,13-7-8-13)15(18)19-3/h4-6,9,11,13H,7-8,10,17H2,1-3H3. The molecule has 1 atom stereocenters. The maximum absolute atomic E-state index is 11.9. The van der Waals surface area contributed by atoms with Gasteiger partial charge in [-0.2, -0.15) is 0 Å². The number of carbonyl (C=O) groups excluding carboxylic acids is 1. The van der Waals surface area contributed by atoms with Crippen LogP contribution in [-0.2, 0) is 9.53 Å². The van der Waals surface area contributed by atoms with Crippen molar-refractivity contribution in [2.75, 3.05) is 13.7 Å². The number of carbonyl (C=O) groups is 1. The molecule has 0 spiro atoms. The summed E-state index contributed by atoms with van der Waals surface area (Å²) >= 11 is 0. The predicted molar refractivity (Wildman–Crippen MR) is 77.7 cm³/mol. The van der Waals surface area contributed by atoms with E-state index in [9.17, 15) is 4.79 Å². The lowest BCUT2D eigenvalue weighted by Gasteiger charge is -2.26. The summed E-state index contributed by atoms with van der Waals surface area (Å²) in [7, 11) is 1.37. The van der Waals surface area contributed by atoms with Crippen LogP contribution in [0.3, 0.4) is 0 Å². The normalized spacial score (nSPS) is 17.6. The zero-order valence-corrected chi connectivity index (χ0v) is 12.4. The molecule has 1 aromatic carbocycles. The van der Waals surface area contributed by atoms with Crippen molar-refractivity contribution in [2.24, 2.45) is 11.7 Å². The van der Waals surface area contributed by atoms with Gasteiger partial charge in [0.15, 0.2) is 5.54 Å². The van der Waals surface area contributed by atoms with E-state index in [4.69, 9.17) is 15.2 Å². The van der Waals surface area contributed by atoms with E-state index in [1.165, 1.54) is 12.7 Å². The molecule has 1 aromatic rings. The van der Waals surface area contributed by atoms with Crippen LogP contribution in [0.5, 0.6) is 5.75 Å². The Bertz CT molecular complexity index is 482. The van der Waals surface area contributed by atoms with Crippen molar-refractivity contribution in [1.82, 2.24) is 0 Å². The van der Waals surface area contributed by atoms with Gasteiger partial charge in [0.05, 0.1) is 7.11 Å². The minimum absolute atomic E-state index is 0.159. The molecule has 1 aliphatic carbocycles. The molecule has 1 fully saturated rings. The Balaban J connectivity index is 2.06. The van der Waals surface area contributed by atoms with Gasteiger partial charge in [-0.3, -0.25) is 0 Å². The van der Waals surface area contributed by atoms with Gasteiger partial charge >= 0.3 is 5.97 Å². The number of hydrogen-bond donors (Lipinski definition) is 1. The van der Waals surface area contributed by atoms with Crippen LogP contribution < -0.4 is 10.5 Å². The Hall–Kier alpha value is -1.55. The van der Waals surface area contributed by atoms with E-state index in [1.54, 1.807) is 0 Å².